The van der Waals surface area contributed by atoms with Crippen LogP contribution in [0, 0.1) is 0 Å². The lowest BCUT2D eigenvalue weighted by atomic mass is 10.2. The molecule has 4 nitrogen and oxygen atoms in total. The first-order chi connectivity index (χ1) is 7.70. The second kappa shape index (κ2) is 4.73. The highest BCUT2D eigenvalue weighted by Crippen LogP contribution is 2.23. The van der Waals surface area contributed by atoms with Crippen molar-refractivity contribution in [2.24, 2.45) is 5.84 Å². The first-order valence-electron chi connectivity index (χ1n) is 4.52. The van der Waals surface area contributed by atoms with Gasteiger partial charge in [-0.3, -0.25) is 4.98 Å². The first kappa shape index (κ1) is 11.3. The van der Waals surface area contributed by atoms with Crippen LogP contribution in [0.25, 0.3) is 10.9 Å². The Labute approximate surface area is 106 Å². The fourth-order valence-corrected chi connectivity index (χ4v) is 1.85. The summed E-state index contributed by atoms with van der Waals surface area (Å²) in [6.07, 6.45) is 1.74. The highest BCUT2D eigenvalue weighted by molar-refractivity contribution is 9.10. The van der Waals surface area contributed by atoms with Crippen molar-refractivity contribution in [3.63, 3.8) is 0 Å². The van der Waals surface area contributed by atoms with Gasteiger partial charge >= 0.3 is 0 Å². The number of pyridine rings is 1. The van der Waals surface area contributed by atoms with Gasteiger partial charge < -0.3 is 10.7 Å². The Morgan fingerprint density at radius 3 is 3.00 bits per heavy atom. The number of aromatic nitrogens is 1. The molecule has 0 radical (unpaired) electrons. The average Bonchev–Trinajstić information content (AvgIpc) is 2.28. The fraction of sp³-hybridized carbons (Fsp3) is 0. The molecule has 6 heteroatoms. The van der Waals surface area contributed by atoms with Crippen molar-refractivity contribution >= 4 is 49.9 Å². The van der Waals surface area contributed by atoms with Crippen molar-refractivity contribution < 1.29 is 0 Å². The van der Waals surface area contributed by atoms with Crippen LogP contribution in [0.15, 0.2) is 34.9 Å². The van der Waals surface area contributed by atoms with Crippen LogP contribution in [0.4, 0.5) is 5.69 Å². The largest absolute Gasteiger partial charge is 0.330 e. The molecule has 0 saturated carbocycles. The summed E-state index contributed by atoms with van der Waals surface area (Å²) in [5.41, 5.74) is 4.05. The number of thiocarbonyl (C=S) groups is 1. The molecular weight excluding hydrogens is 288 g/mol. The van der Waals surface area contributed by atoms with Gasteiger partial charge in [0.25, 0.3) is 0 Å². The van der Waals surface area contributed by atoms with E-state index in [1.807, 2.05) is 24.3 Å². The van der Waals surface area contributed by atoms with E-state index in [0.717, 1.165) is 21.1 Å². The van der Waals surface area contributed by atoms with Gasteiger partial charge in [0, 0.05) is 16.1 Å². The monoisotopic (exact) mass is 296 g/mol. The molecule has 4 N–H and O–H groups in total. The molecule has 1 aromatic heterocycles. The first-order valence-corrected chi connectivity index (χ1v) is 5.72. The van der Waals surface area contributed by atoms with Crippen LogP contribution >= 0.6 is 28.1 Å². The number of anilines is 1. The molecular formula is C10H9BrN4S. The third kappa shape index (κ3) is 2.29. The molecule has 1 heterocycles. The van der Waals surface area contributed by atoms with Crippen molar-refractivity contribution in [3.05, 3.63) is 34.9 Å². The molecule has 16 heavy (non-hydrogen) atoms. The average molecular weight is 297 g/mol. The number of para-hydroxylation sites is 1. The van der Waals surface area contributed by atoms with E-state index in [2.05, 4.69) is 31.7 Å². The Hall–Kier alpha value is -1.24. The Balaban J connectivity index is 2.49. The number of nitrogens with zero attached hydrogens (tertiary/aromatic N) is 1. The SMILES string of the molecule is NNC(=S)Nc1cccc2cc(Br)cnc12. The van der Waals surface area contributed by atoms with E-state index >= 15 is 0 Å². The van der Waals surface area contributed by atoms with Crippen molar-refractivity contribution in [3.8, 4) is 0 Å². The van der Waals surface area contributed by atoms with Crippen LogP contribution in [-0.4, -0.2) is 10.1 Å². The van der Waals surface area contributed by atoms with Crippen molar-refractivity contribution in [1.29, 1.82) is 0 Å². The summed E-state index contributed by atoms with van der Waals surface area (Å²) < 4.78 is 0.941. The molecule has 0 fully saturated rings. The summed E-state index contributed by atoms with van der Waals surface area (Å²) in [6.45, 7) is 0. The summed E-state index contributed by atoms with van der Waals surface area (Å²) in [5, 5.41) is 4.36. The standard InChI is InChI=1S/C10H9BrN4S/c11-7-4-6-2-1-3-8(9(6)13-5-7)14-10(16)15-12/h1-5H,12H2,(H2,14,15,16). The lowest BCUT2D eigenvalue weighted by Gasteiger charge is -2.09. The quantitative estimate of drug-likeness (QED) is 0.428. The van der Waals surface area contributed by atoms with Gasteiger partial charge in [-0.25, -0.2) is 5.84 Å². The Morgan fingerprint density at radius 1 is 1.44 bits per heavy atom. The lowest BCUT2D eigenvalue weighted by molar-refractivity contribution is 1.04. The van der Waals surface area contributed by atoms with Crippen LogP contribution in [0.1, 0.15) is 0 Å². The highest BCUT2D eigenvalue weighted by Gasteiger charge is 2.03. The van der Waals surface area contributed by atoms with Gasteiger partial charge in [-0.2, -0.15) is 0 Å². The van der Waals surface area contributed by atoms with Crippen molar-refractivity contribution in [2.75, 3.05) is 5.32 Å². The number of hydrogen-bond acceptors (Lipinski definition) is 3. The zero-order valence-electron chi connectivity index (χ0n) is 8.20. The minimum atomic E-state index is 0.359. The van der Waals surface area contributed by atoms with E-state index in [9.17, 15) is 0 Å². The Bertz CT molecular complexity index is 543. The van der Waals surface area contributed by atoms with Crippen LogP contribution < -0.4 is 16.6 Å². The van der Waals surface area contributed by atoms with E-state index in [4.69, 9.17) is 18.1 Å². The predicted molar refractivity (Wildman–Crippen MR) is 73.0 cm³/mol. The zero-order valence-corrected chi connectivity index (χ0v) is 10.6. The number of hydrazine groups is 1. The third-order valence-electron chi connectivity index (χ3n) is 2.06. The summed E-state index contributed by atoms with van der Waals surface area (Å²) in [4.78, 5) is 4.33. The number of benzene rings is 1. The molecule has 82 valence electrons. The molecule has 0 amide bonds. The zero-order chi connectivity index (χ0) is 11.5. The summed E-state index contributed by atoms with van der Waals surface area (Å²) in [7, 11) is 0. The van der Waals surface area contributed by atoms with Gasteiger partial charge in [-0.1, -0.05) is 12.1 Å². The third-order valence-corrected chi connectivity index (χ3v) is 2.71. The van der Waals surface area contributed by atoms with Crippen LogP contribution in [-0.2, 0) is 0 Å². The maximum atomic E-state index is 5.21. The van der Waals surface area contributed by atoms with Gasteiger partial charge in [0.15, 0.2) is 5.11 Å². The minimum absolute atomic E-state index is 0.359. The minimum Gasteiger partial charge on any atom is -0.330 e. The lowest BCUT2D eigenvalue weighted by Crippen LogP contribution is -2.34. The van der Waals surface area contributed by atoms with Gasteiger partial charge in [0.05, 0.1) is 11.2 Å². The van der Waals surface area contributed by atoms with Crippen LogP contribution in [0.5, 0.6) is 0 Å². The number of nitrogens with one attached hydrogen (secondary N) is 2. The summed E-state index contributed by atoms with van der Waals surface area (Å²) in [6, 6.07) is 7.80. The van der Waals surface area contributed by atoms with Crippen molar-refractivity contribution in [1.82, 2.24) is 10.4 Å². The summed E-state index contributed by atoms with van der Waals surface area (Å²) >= 11 is 8.32. The second-order valence-corrected chi connectivity index (χ2v) is 4.45. The predicted octanol–water partition coefficient (Wildman–Crippen LogP) is 2.16. The van der Waals surface area contributed by atoms with Gasteiger partial charge in [-0.15, -0.1) is 0 Å². The Morgan fingerprint density at radius 2 is 2.25 bits per heavy atom. The van der Waals surface area contributed by atoms with Crippen LogP contribution in [0.3, 0.4) is 0 Å². The molecule has 0 unspecified atom stereocenters. The summed E-state index contributed by atoms with van der Waals surface area (Å²) in [5.74, 6) is 5.21. The number of rotatable bonds is 1. The van der Waals surface area contributed by atoms with E-state index in [0.29, 0.717) is 5.11 Å². The van der Waals surface area contributed by atoms with E-state index in [1.54, 1.807) is 6.20 Å². The molecule has 0 bridgehead atoms. The van der Waals surface area contributed by atoms with Gasteiger partial charge in [-0.05, 0) is 40.3 Å². The number of nitrogens with two attached hydrogens (primary N) is 1. The molecule has 0 aliphatic heterocycles. The van der Waals surface area contributed by atoms with E-state index in [-0.39, 0.29) is 0 Å². The Kier molecular flexibility index (Phi) is 3.33. The molecule has 2 rings (SSSR count). The van der Waals surface area contributed by atoms with Crippen molar-refractivity contribution in [2.45, 2.75) is 0 Å². The topological polar surface area (TPSA) is 63.0 Å². The van der Waals surface area contributed by atoms with Crippen LogP contribution in [0.2, 0.25) is 0 Å². The molecule has 0 aliphatic carbocycles. The highest BCUT2D eigenvalue weighted by atomic mass is 79.9. The number of halogens is 1. The molecule has 0 spiro atoms. The molecule has 1 aromatic carbocycles. The van der Waals surface area contributed by atoms with E-state index < -0.39 is 0 Å². The smallest absolute Gasteiger partial charge is 0.185 e. The van der Waals surface area contributed by atoms with E-state index in [1.165, 1.54) is 0 Å². The number of hydrogen-bond donors (Lipinski definition) is 3. The molecule has 0 saturated heterocycles. The molecule has 2 aromatic rings. The van der Waals surface area contributed by atoms with Gasteiger partial charge in [0.2, 0.25) is 0 Å². The molecule has 0 aliphatic rings. The maximum absolute atomic E-state index is 5.21. The normalized spacial score (nSPS) is 10.1. The molecule has 0 atom stereocenters. The second-order valence-electron chi connectivity index (χ2n) is 3.13. The maximum Gasteiger partial charge on any atom is 0.185 e. The number of fused-ring (bicyclic) bond motifs is 1. The van der Waals surface area contributed by atoms with Gasteiger partial charge in [0.1, 0.15) is 0 Å². The fourth-order valence-electron chi connectivity index (χ4n) is 1.39.